The SMILES string of the molecule is COc1ccc(CO[Si](C)(C)C(C)(C)C)nc1. The van der Waals surface area contributed by atoms with E-state index < -0.39 is 8.32 Å². The molecule has 0 aliphatic rings. The Kier molecular flexibility index (Phi) is 4.33. The molecule has 96 valence electrons. The van der Waals surface area contributed by atoms with Gasteiger partial charge in [0.15, 0.2) is 8.32 Å². The third kappa shape index (κ3) is 3.82. The normalized spacial score (nSPS) is 12.6. The van der Waals surface area contributed by atoms with Crippen LogP contribution in [0.3, 0.4) is 0 Å². The van der Waals surface area contributed by atoms with Gasteiger partial charge in [0.2, 0.25) is 0 Å². The van der Waals surface area contributed by atoms with E-state index in [2.05, 4.69) is 38.8 Å². The van der Waals surface area contributed by atoms with E-state index in [0.717, 1.165) is 11.4 Å². The molecule has 0 aromatic carbocycles. The number of rotatable bonds is 4. The summed E-state index contributed by atoms with van der Waals surface area (Å²) < 4.78 is 11.2. The van der Waals surface area contributed by atoms with Gasteiger partial charge in [-0.05, 0) is 30.3 Å². The molecule has 3 nitrogen and oxygen atoms in total. The van der Waals surface area contributed by atoms with Crippen molar-refractivity contribution in [1.29, 1.82) is 0 Å². The first kappa shape index (κ1) is 14.2. The standard InChI is InChI=1S/C13H23NO2Si/c1-13(2,3)17(5,6)16-10-11-7-8-12(15-4)9-14-11/h7-9H,10H2,1-6H3. The third-order valence-electron chi connectivity index (χ3n) is 3.42. The summed E-state index contributed by atoms with van der Waals surface area (Å²) in [5.41, 5.74) is 0.954. The fourth-order valence-corrected chi connectivity index (χ4v) is 2.03. The van der Waals surface area contributed by atoms with Crippen LogP contribution in [-0.4, -0.2) is 20.4 Å². The topological polar surface area (TPSA) is 31.4 Å². The van der Waals surface area contributed by atoms with Gasteiger partial charge in [-0.25, -0.2) is 0 Å². The van der Waals surface area contributed by atoms with Crippen molar-refractivity contribution in [3.63, 3.8) is 0 Å². The van der Waals surface area contributed by atoms with Gasteiger partial charge in [-0.2, -0.15) is 0 Å². The van der Waals surface area contributed by atoms with Crippen molar-refractivity contribution in [1.82, 2.24) is 4.98 Å². The number of ether oxygens (including phenoxy) is 1. The van der Waals surface area contributed by atoms with Gasteiger partial charge in [0, 0.05) is 0 Å². The van der Waals surface area contributed by atoms with Crippen molar-refractivity contribution in [2.24, 2.45) is 0 Å². The molecule has 1 aromatic rings. The number of aromatic nitrogens is 1. The van der Waals surface area contributed by atoms with E-state index in [1.54, 1.807) is 13.3 Å². The second kappa shape index (κ2) is 5.19. The summed E-state index contributed by atoms with van der Waals surface area (Å²) in [7, 11) is -0.0392. The highest BCUT2D eigenvalue weighted by molar-refractivity contribution is 6.74. The molecule has 0 bridgehead atoms. The quantitative estimate of drug-likeness (QED) is 0.768. The predicted molar refractivity (Wildman–Crippen MR) is 72.8 cm³/mol. The van der Waals surface area contributed by atoms with Gasteiger partial charge in [0.05, 0.1) is 25.6 Å². The Morgan fingerprint density at radius 2 is 1.88 bits per heavy atom. The summed E-state index contributed by atoms with van der Waals surface area (Å²) in [5, 5.41) is 0.236. The first-order valence-electron chi connectivity index (χ1n) is 5.89. The second-order valence-corrected chi connectivity index (χ2v) is 10.5. The van der Waals surface area contributed by atoms with E-state index in [-0.39, 0.29) is 5.04 Å². The molecule has 0 radical (unpaired) electrons. The van der Waals surface area contributed by atoms with Crippen LogP contribution in [0.15, 0.2) is 18.3 Å². The van der Waals surface area contributed by atoms with Gasteiger partial charge < -0.3 is 9.16 Å². The molecule has 0 N–H and O–H groups in total. The van der Waals surface area contributed by atoms with Crippen molar-refractivity contribution >= 4 is 8.32 Å². The summed E-state index contributed by atoms with van der Waals surface area (Å²) in [6, 6.07) is 3.86. The maximum atomic E-state index is 6.09. The van der Waals surface area contributed by atoms with Crippen molar-refractivity contribution in [3.8, 4) is 5.75 Å². The Balaban J connectivity index is 2.61. The Hall–Kier alpha value is -0.873. The van der Waals surface area contributed by atoms with Crippen molar-refractivity contribution in [3.05, 3.63) is 24.0 Å². The average Bonchev–Trinajstić information content (AvgIpc) is 2.25. The fraction of sp³-hybridized carbons (Fsp3) is 0.615. The zero-order chi connectivity index (χ0) is 13.1. The molecule has 1 heterocycles. The Labute approximate surface area is 105 Å². The minimum atomic E-state index is -1.68. The molecule has 0 spiro atoms. The Morgan fingerprint density at radius 1 is 1.24 bits per heavy atom. The molecule has 0 aliphatic carbocycles. The lowest BCUT2D eigenvalue weighted by Crippen LogP contribution is -2.40. The van der Waals surface area contributed by atoms with E-state index in [4.69, 9.17) is 9.16 Å². The number of hydrogen-bond donors (Lipinski definition) is 0. The Bertz CT molecular complexity index is 355. The van der Waals surface area contributed by atoms with Crippen LogP contribution in [0.4, 0.5) is 0 Å². The van der Waals surface area contributed by atoms with Crippen molar-refractivity contribution < 1.29 is 9.16 Å². The maximum Gasteiger partial charge on any atom is 0.192 e. The van der Waals surface area contributed by atoms with Crippen LogP contribution in [0.25, 0.3) is 0 Å². The zero-order valence-electron chi connectivity index (χ0n) is 11.7. The molecule has 1 rings (SSSR count). The molecule has 0 unspecified atom stereocenters. The lowest BCUT2D eigenvalue weighted by molar-refractivity contribution is 0.272. The van der Waals surface area contributed by atoms with Gasteiger partial charge in [-0.15, -0.1) is 0 Å². The number of hydrogen-bond acceptors (Lipinski definition) is 3. The van der Waals surface area contributed by atoms with E-state index in [9.17, 15) is 0 Å². The molecule has 0 atom stereocenters. The number of methoxy groups -OCH3 is 1. The predicted octanol–water partition coefficient (Wildman–Crippen LogP) is 3.61. The molecule has 4 heteroatoms. The van der Waals surface area contributed by atoms with Gasteiger partial charge in [0.25, 0.3) is 0 Å². The third-order valence-corrected chi connectivity index (χ3v) is 7.90. The van der Waals surface area contributed by atoms with Crippen LogP contribution in [0.5, 0.6) is 5.75 Å². The van der Waals surface area contributed by atoms with Crippen molar-refractivity contribution in [2.75, 3.05) is 7.11 Å². The highest BCUT2D eigenvalue weighted by Gasteiger charge is 2.37. The Morgan fingerprint density at radius 3 is 2.29 bits per heavy atom. The highest BCUT2D eigenvalue weighted by atomic mass is 28.4. The fourth-order valence-electron chi connectivity index (χ4n) is 1.09. The monoisotopic (exact) mass is 253 g/mol. The largest absolute Gasteiger partial charge is 0.495 e. The molecule has 17 heavy (non-hydrogen) atoms. The van der Waals surface area contributed by atoms with E-state index in [1.165, 1.54) is 0 Å². The van der Waals surface area contributed by atoms with Crippen LogP contribution in [0.1, 0.15) is 26.5 Å². The van der Waals surface area contributed by atoms with E-state index in [1.807, 2.05) is 12.1 Å². The summed E-state index contributed by atoms with van der Waals surface area (Å²) >= 11 is 0. The number of nitrogens with zero attached hydrogens (tertiary/aromatic N) is 1. The maximum absolute atomic E-state index is 6.09. The van der Waals surface area contributed by atoms with Gasteiger partial charge in [0.1, 0.15) is 5.75 Å². The molecule has 0 fully saturated rings. The molecular formula is C13H23NO2Si. The minimum Gasteiger partial charge on any atom is -0.495 e. The van der Waals surface area contributed by atoms with Crippen LogP contribution >= 0.6 is 0 Å². The molecule has 0 saturated carbocycles. The lowest BCUT2D eigenvalue weighted by Gasteiger charge is -2.36. The minimum absolute atomic E-state index is 0.236. The molecule has 0 amide bonds. The second-order valence-electron chi connectivity index (χ2n) is 5.74. The zero-order valence-corrected chi connectivity index (χ0v) is 12.7. The lowest BCUT2D eigenvalue weighted by atomic mass is 10.2. The molecule has 1 aromatic heterocycles. The average molecular weight is 253 g/mol. The summed E-state index contributed by atoms with van der Waals surface area (Å²) in [6.45, 7) is 11.8. The van der Waals surface area contributed by atoms with Crippen LogP contribution < -0.4 is 4.74 Å². The molecule has 0 saturated heterocycles. The summed E-state index contributed by atoms with van der Waals surface area (Å²) in [5.74, 6) is 0.779. The first-order valence-corrected chi connectivity index (χ1v) is 8.80. The van der Waals surface area contributed by atoms with Gasteiger partial charge in [-0.3, -0.25) is 4.98 Å². The van der Waals surface area contributed by atoms with E-state index >= 15 is 0 Å². The molecule has 0 aliphatic heterocycles. The van der Waals surface area contributed by atoms with Crippen LogP contribution in [0, 0.1) is 0 Å². The smallest absolute Gasteiger partial charge is 0.192 e. The van der Waals surface area contributed by atoms with Crippen molar-refractivity contribution in [2.45, 2.75) is 45.5 Å². The number of pyridine rings is 1. The van der Waals surface area contributed by atoms with Gasteiger partial charge in [-0.1, -0.05) is 20.8 Å². The first-order chi connectivity index (χ1) is 7.76. The summed E-state index contributed by atoms with van der Waals surface area (Å²) in [6.07, 6.45) is 1.73. The van der Waals surface area contributed by atoms with Crippen LogP contribution in [0.2, 0.25) is 18.1 Å². The molecular weight excluding hydrogens is 230 g/mol. The van der Waals surface area contributed by atoms with Crippen LogP contribution in [-0.2, 0) is 11.0 Å². The van der Waals surface area contributed by atoms with Gasteiger partial charge >= 0.3 is 0 Å². The van der Waals surface area contributed by atoms with E-state index in [0.29, 0.717) is 6.61 Å². The summed E-state index contributed by atoms with van der Waals surface area (Å²) in [4.78, 5) is 4.31. The highest BCUT2D eigenvalue weighted by Crippen LogP contribution is 2.36.